The summed E-state index contributed by atoms with van der Waals surface area (Å²) in [5.74, 6) is 0. The summed E-state index contributed by atoms with van der Waals surface area (Å²) in [4.78, 5) is 0. The molecule has 0 aliphatic heterocycles. The van der Waals surface area contributed by atoms with Crippen molar-refractivity contribution in [2.24, 2.45) is 0 Å². The van der Waals surface area contributed by atoms with E-state index in [1.165, 1.54) is 0 Å². The largest absolute Gasteiger partial charge is 0 e. The predicted molar refractivity (Wildman–Crippen MR) is 11.5 cm³/mol. The summed E-state index contributed by atoms with van der Waals surface area (Å²) in [5.41, 5.74) is 0. The van der Waals surface area contributed by atoms with Crippen molar-refractivity contribution >= 4 is 66.8 Å². The van der Waals surface area contributed by atoms with E-state index in [1.807, 2.05) is 0 Å². The maximum Gasteiger partial charge on any atom is 0 e. The fraction of sp³-hybridized carbons (Fsp3) is 0. The molecule has 5 radical (unpaired) electrons. The van der Waals surface area contributed by atoms with Gasteiger partial charge in [0, 0.05) is 111 Å². The first-order valence-corrected chi connectivity index (χ1v) is 0. The summed E-state index contributed by atoms with van der Waals surface area (Å²) in [7, 11) is 0. The third-order valence-corrected chi connectivity index (χ3v) is 0. The third kappa shape index (κ3) is 9.14. The van der Waals surface area contributed by atoms with Gasteiger partial charge in [-0.15, -0.1) is 0 Å². The van der Waals surface area contributed by atoms with Crippen molar-refractivity contribution < 1.29 is 44.7 Å². The zero-order valence-corrected chi connectivity index (χ0v) is 13.9. The van der Waals surface area contributed by atoms with E-state index in [0.29, 0.717) is 0 Å². The molecule has 0 aliphatic carbocycles. The number of hydrogen-bond donors (Lipinski definition) is 0. The van der Waals surface area contributed by atoms with Crippen molar-refractivity contribution in [3.05, 3.63) is 0 Å². The quantitative estimate of drug-likeness (QED) is 0.487. The first-order valence-electron chi connectivity index (χ1n) is 0. The first-order chi connectivity index (χ1) is 0. The van der Waals surface area contributed by atoms with Gasteiger partial charge in [0.05, 0.1) is 0 Å². The van der Waals surface area contributed by atoms with E-state index in [4.69, 9.17) is 0 Å². The molecule has 0 amide bonds. The first kappa shape index (κ1) is 25.6. The Bertz CT molecular complexity index is 8.00. The molecule has 15 valence electrons. The summed E-state index contributed by atoms with van der Waals surface area (Å²) in [6.07, 6.45) is 0. The van der Waals surface area contributed by atoms with Crippen LogP contribution in [0, 0.1) is 0 Å². The normalized spacial score (nSPS) is 0. The van der Waals surface area contributed by atoms with E-state index in [0.717, 1.165) is 0 Å². The summed E-state index contributed by atoms with van der Waals surface area (Å²) in [5, 5.41) is 0. The molecule has 0 saturated carbocycles. The summed E-state index contributed by atoms with van der Waals surface area (Å²) in [6.45, 7) is 0. The van der Waals surface area contributed by atoms with E-state index < -0.39 is 0 Å². The Labute approximate surface area is 109 Å². The van der Waals surface area contributed by atoms with Crippen LogP contribution in [-0.2, 0) is 44.7 Å². The van der Waals surface area contributed by atoms with E-state index >= 15 is 0 Å². The Hall–Kier alpha value is 3.58. The van der Waals surface area contributed by atoms with Gasteiger partial charge in [0.25, 0.3) is 0 Å². The predicted octanol–water partition coefficient (Wildman–Crippen LogP) is -0.767. The van der Waals surface area contributed by atoms with Gasteiger partial charge in [0.2, 0.25) is 0 Å². The average molecular weight is 377 g/mol. The summed E-state index contributed by atoms with van der Waals surface area (Å²) in [6, 6.07) is 0. The number of hydrogen-bond acceptors (Lipinski definition) is 0. The van der Waals surface area contributed by atoms with E-state index in [-0.39, 0.29) is 111 Å². The molecule has 0 rings (SSSR count). The van der Waals surface area contributed by atoms with Crippen molar-refractivity contribution in [2.45, 2.75) is 0 Å². The number of rotatable bonds is 0. The Morgan fingerprint density at radius 3 is 1.00 bits per heavy atom. The van der Waals surface area contributed by atoms with Crippen molar-refractivity contribution in [3.8, 4) is 0 Å². The van der Waals surface area contributed by atoms with Crippen LogP contribution >= 0.6 is 0 Å². The summed E-state index contributed by atoms with van der Waals surface area (Å²) < 4.78 is 0. The fourth-order valence-electron chi connectivity index (χ4n) is 0. The van der Waals surface area contributed by atoms with Gasteiger partial charge in [-0.3, -0.25) is 0 Å². The molecule has 0 spiro atoms. The molecule has 4 heteroatoms. The van der Waals surface area contributed by atoms with Gasteiger partial charge >= 0.3 is 0 Å². The minimum absolute atomic E-state index is 0. The Balaban J connectivity index is 0. The zero-order valence-electron chi connectivity index (χ0n) is 2.27. The molecule has 0 unspecified atom stereocenters. The van der Waals surface area contributed by atoms with Gasteiger partial charge in [-0.25, -0.2) is 0 Å². The Morgan fingerprint density at radius 1 is 1.00 bits per heavy atom. The molecular weight excluding hydrogens is 377 g/mol. The Kier molecular flexibility index (Phi) is 102. The van der Waals surface area contributed by atoms with Crippen LogP contribution in [0.1, 0.15) is 0 Å². The van der Waals surface area contributed by atoms with Crippen LogP contribution < -0.4 is 0 Å². The van der Waals surface area contributed by atoms with Gasteiger partial charge < -0.3 is 0 Å². The van der Waals surface area contributed by atoms with Gasteiger partial charge in [-0.1, -0.05) is 0 Å². The van der Waals surface area contributed by atoms with Crippen LogP contribution in [0.3, 0.4) is 0 Å². The van der Waals surface area contributed by atoms with Crippen molar-refractivity contribution in [1.29, 1.82) is 0 Å². The minimum atomic E-state index is 0. The molecular formula is AsBaCdCr. The van der Waals surface area contributed by atoms with E-state index in [1.54, 1.807) is 0 Å². The van der Waals surface area contributed by atoms with E-state index in [2.05, 4.69) is 0 Å². The standard InChI is InChI=1S/As.Ba.Cd.Cr. The topological polar surface area (TPSA) is 0 Å². The molecule has 0 saturated heterocycles. The molecule has 0 aromatic rings. The van der Waals surface area contributed by atoms with Crippen LogP contribution in [-0.4, -0.2) is 66.8 Å². The molecule has 0 N–H and O–H groups in total. The molecule has 0 fully saturated rings. The van der Waals surface area contributed by atoms with Crippen molar-refractivity contribution in [2.75, 3.05) is 0 Å². The molecule has 0 aromatic carbocycles. The second kappa shape index (κ2) is 16.0. The maximum absolute atomic E-state index is 0. The average Bonchev–Trinajstić information content (AvgIpc) is 0. The fourth-order valence-corrected chi connectivity index (χ4v) is 0. The zero-order chi connectivity index (χ0) is 0. The van der Waals surface area contributed by atoms with Crippen LogP contribution in [0.4, 0.5) is 0 Å². The molecule has 0 bridgehead atoms. The molecule has 0 aromatic heterocycles. The van der Waals surface area contributed by atoms with Crippen molar-refractivity contribution in [3.63, 3.8) is 0 Å². The molecule has 4 heavy (non-hydrogen) atoms. The van der Waals surface area contributed by atoms with Crippen molar-refractivity contribution in [1.82, 2.24) is 0 Å². The van der Waals surface area contributed by atoms with Crippen LogP contribution in [0.5, 0.6) is 0 Å². The molecule has 0 aliphatic rings. The molecule has 0 atom stereocenters. The molecule has 0 heterocycles. The molecule has 0 nitrogen and oxygen atoms in total. The monoisotopic (exact) mass is 379 g/mol. The SMILES string of the molecule is [As].[Ba].[Cd].[Cr]. The van der Waals surface area contributed by atoms with Crippen LogP contribution in [0.2, 0.25) is 0 Å². The second-order valence-corrected chi connectivity index (χ2v) is 0. The third-order valence-electron chi connectivity index (χ3n) is 0. The second-order valence-electron chi connectivity index (χ2n) is 0. The van der Waals surface area contributed by atoms with Gasteiger partial charge in [0.1, 0.15) is 0 Å². The van der Waals surface area contributed by atoms with Gasteiger partial charge in [-0.2, -0.15) is 0 Å². The van der Waals surface area contributed by atoms with Gasteiger partial charge in [0.15, 0.2) is 0 Å². The van der Waals surface area contributed by atoms with Gasteiger partial charge in [-0.05, 0) is 0 Å². The maximum atomic E-state index is 0. The smallest absolute Gasteiger partial charge is 0 e. The minimum Gasteiger partial charge on any atom is 0 e. The van der Waals surface area contributed by atoms with Crippen LogP contribution in [0.15, 0.2) is 0 Å². The van der Waals surface area contributed by atoms with E-state index in [9.17, 15) is 0 Å². The Morgan fingerprint density at radius 2 is 1.00 bits per heavy atom. The van der Waals surface area contributed by atoms with Crippen LogP contribution in [0.25, 0.3) is 0 Å². The summed E-state index contributed by atoms with van der Waals surface area (Å²) >= 11 is 0.